The standard InChI is InChI=1S/C18H34N2O2/c1-14(2)7-8-15(3)19-13-16-9-11-20(12-10-16)17(21)22-18(4,5)6/h9,14-15,19H,7-8,10-13H2,1-6H3. The third-order valence-electron chi connectivity index (χ3n) is 3.81. The summed E-state index contributed by atoms with van der Waals surface area (Å²) in [6.45, 7) is 14.8. The number of nitrogens with zero attached hydrogens (tertiary/aromatic N) is 1. The predicted molar refractivity (Wildman–Crippen MR) is 92.0 cm³/mol. The molecule has 1 heterocycles. The van der Waals surface area contributed by atoms with Gasteiger partial charge >= 0.3 is 6.09 Å². The van der Waals surface area contributed by atoms with Gasteiger partial charge in [-0.3, -0.25) is 0 Å². The van der Waals surface area contributed by atoms with E-state index in [1.54, 1.807) is 4.90 Å². The Morgan fingerprint density at radius 1 is 1.32 bits per heavy atom. The molecule has 0 radical (unpaired) electrons. The molecule has 128 valence electrons. The van der Waals surface area contributed by atoms with Crippen LogP contribution in [-0.2, 0) is 4.74 Å². The predicted octanol–water partition coefficient (Wildman–Crippen LogP) is 3.97. The zero-order valence-corrected chi connectivity index (χ0v) is 15.2. The fourth-order valence-electron chi connectivity index (χ4n) is 2.35. The summed E-state index contributed by atoms with van der Waals surface area (Å²) in [6, 6.07) is 0.548. The highest BCUT2D eigenvalue weighted by Crippen LogP contribution is 2.15. The molecular formula is C18H34N2O2. The van der Waals surface area contributed by atoms with Crippen LogP contribution in [0.1, 0.15) is 60.8 Å². The van der Waals surface area contributed by atoms with Crippen molar-refractivity contribution in [1.82, 2.24) is 10.2 Å². The van der Waals surface area contributed by atoms with E-state index in [1.807, 2.05) is 20.8 Å². The summed E-state index contributed by atoms with van der Waals surface area (Å²) in [5.74, 6) is 0.764. The van der Waals surface area contributed by atoms with Gasteiger partial charge in [0, 0.05) is 25.7 Å². The molecule has 0 aromatic rings. The molecule has 4 nitrogen and oxygen atoms in total. The summed E-state index contributed by atoms with van der Waals surface area (Å²) in [5.41, 5.74) is 0.977. The summed E-state index contributed by atoms with van der Waals surface area (Å²) in [5, 5.41) is 3.59. The van der Waals surface area contributed by atoms with E-state index in [0.717, 1.165) is 25.4 Å². The smallest absolute Gasteiger partial charge is 0.410 e. The highest BCUT2D eigenvalue weighted by atomic mass is 16.6. The fourth-order valence-corrected chi connectivity index (χ4v) is 2.35. The summed E-state index contributed by atoms with van der Waals surface area (Å²) in [6.07, 6.45) is 5.37. The van der Waals surface area contributed by atoms with Gasteiger partial charge in [-0.15, -0.1) is 0 Å². The molecular weight excluding hydrogens is 276 g/mol. The van der Waals surface area contributed by atoms with E-state index in [1.165, 1.54) is 18.4 Å². The zero-order chi connectivity index (χ0) is 16.8. The largest absolute Gasteiger partial charge is 0.444 e. The van der Waals surface area contributed by atoms with Crippen LogP contribution in [0.4, 0.5) is 4.79 Å². The van der Waals surface area contributed by atoms with Crippen molar-refractivity contribution < 1.29 is 9.53 Å². The Kier molecular flexibility index (Phi) is 7.40. The Balaban J connectivity index is 2.31. The van der Waals surface area contributed by atoms with Gasteiger partial charge in [-0.25, -0.2) is 4.79 Å². The SMILES string of the molecule is CC(C)CCC(C)NCC1=CCN(C(=O)OC(C)(C)C)CC1. The second kappa shape index (κ2) is 8.56. The topological polar surface area (TPSA) is 41.6 Å². The van der Waals surface area contributed by atoms with Crippen molar-refractivity contribution in [3.8, 4) is 0 Å². The summed E-state index contributed by atoms with van der Waals surface area (Å²) in [7, 11) is 0. The quantitative estimate of drug-likeness (QED) is 0.755. The molecule has 0 fully saturated rings. The molecule has 22 heavy (non-hydrogen) atoms. The molecule has 0 aromatic heterocycles. The summed E-state index contributed by atoms with van der Waals surface area (Å²) in [4.78, 5) is 13.8. The number of hydrogen-bond donors (Lipinski definition) is 1. The Hall–Kier alpha value is -1.03. The second-order valence-electron chi connectivity index (χ2n) is 7.79. The van der Waals surface area contributed by atoms with Gasteiger partial charge in [-0.2, -0.15) is 0 Å². The molecule has 1 aliphatic rings. The molecule has 0 aromatic carbocycles. The van der Waals surface area contributed by atoms with E-state index in [0.29, 0.717) is 12.6 Å². The fraction of sp³-hybridized carbons (Fsp3) is 0.833. The van der Waals surface area contributed by atoms with Crippen LogP contribution in [-0.4, -0.2) is 42.3 Å². The van der Waals surface area contributed by atoms with Crippen molar-refractivity contribution in [2.45, 2.75) is 72.4 Å². The van der Waals surface area contributed by atoms with Gasteiger partial charge in [0.25, 0.3) is 0 Å². The van der Waals surface area contributed by atoms with E-state index >= 15 is 0 Å². The van der Waals surface area contributed by atoms with E-state index in [9.17, 15) is 4.79 Å². The number of carbonyl (C=O) groups is 1. The Morgan fingerprint density at radius 2 is 2.00 bits per heavy atom. The van der Waals surface area contributed by atoms with Crippen LogP contribution in [0.5, 0.6) is 0 Å². The molecule has 1 amide bonds. The second-order valence-corrected chi connectivity index (χ2v) is 7.79. The van der Waals surface area contributed by atoms with Gasteiger partial charge < -0.3 is 15.0 Å². The molecule has 1 N–H and O–H groups in total. The average molecular weight is 310 g/mol. The van der Waals surface area contributed by atoms with Crippen molar-refractivity contribution in [3.63, 3.8) is 0 Å². The monoisotopic (exact) mass is 310 g/mol. The van der Waals surface area contributed by atoms with Crippen LogP contribution in [0, 0.1) is 5.92 Å². The lowest BCUT2D eigenvalue weighted by atomic mass is 10.0. The van der Waals surface area contributed by atoms with Crippen LogP contribution in [0.2, 0.25) is 0 Å². The molecule has 0 bridgehead atoms. The molecule has 0 saturated carbocycles. The van der Waals surface area contributed by atoms with Gasteiger partial charge in [0.2, 0.25) is 0 Å². The minimum Gasteiger partial charge on any atom is -0.444 e. The lowest BCUT2D eigenvalue weighted by Gasteiger charge is -2.30. The third kappa shape index (κ3) is 7.83. The minimum absolute atomic E-state index is 0.207. The number of hydrogen-bond acceptors (Lipinski definition) is 3. The Bertz CT molecular complexity index is 383. The maximum Gasteiger partial charge on any atom is 0.410 e. The average Bonchev–Trinajstić information content (AvgIpc) is 2.41. The summed E-state index contributed by atoms with van der Waals surface area (Å²) < 4.78 is 5.41. The zero-order valence-electron chi connectivity index (χ0n) is 15.2. The first-order valence-corrected chi connectivity index (χ1v) is 8.56. The van der Waals surface area contributed by atoms with Crippen molar-refractivity contribution in [1.29, 1.82) is 0 Å². The molecule has 4 heteroatoms. The van der Waals surface area contributed by atoms with Gasteiger partial charge in [-0.05, 0) is 52.9 Å². The van der Waals surface area contributed by atoms with Gasteiger partial charge in [-0.1, -0.05) is 25.5 Å². The lowest BCUT2D eigenvalue weighted by molar-refractivity contribution is 0.0265. The molecule has 1 atom stereocenters. The molecule has 1 aliphatic heterocycles. The van der Waals surface area contributed by atoms with Gasteiger partial charge in [0.15, 0.2) is 0 Å². The normalized spacial score (nSPS) is 17.4. The van der Waals surface area contributed by atoms with E-state index < -0.39 is 5.60 Å². The van der Waals surface area contributed by atoms with E-state index in [4.69, 9.17) is 4.74 Å². The van der Waals surface area contributed by atoms with Crippen LogP contribution in [0.25, 0.3) is 0 Å². The number of nitrogens with one attached hydrogen (secondary N) is 1. The highest BCUT2D eigenvalue weighted by Gasteiger charge is 2.23. The molecule has 0 saturated heterocycles. The number of amides is 1. The molecule has 1 unspecified atom stereocenters. The van der Waals surface area contributed by atoms with Crippen LogP contribution < -0.4 is 5.32 Å². The third-order valence-corrected chi connectivity index (χ3v) is 3.81. The Morgan fingerprint density at radius 3 is 2.50 bits per heavy atom. The number of ether oxygens (including phenoxy) is 1. The van der Waals surface area contributed by atoms with Crippen LogP contribution in [0.3, 0.4) is 0 Å². The van der Waals surface area contributed by atoms with Crippen LogP contribution >= 0.6 is 0 Å². The Labute approximate surface area is 136 Å². The van der Waals surface area contributed by atoms with Gasteiger partial charge in [0.1, 0.15) is 5.60 Å². The lowest BCUT2D eigenvalue weighted by Crippen LogP contribution is -2.40. The number of rotatable bonds is 6. The molecule has 0 spiro atoms. The van der Waals surface area contributed by atoms with Gasteiger partial charge in [0.05, 0.1) is 0 Å². The maximum atomic E-state index is 12.0. The first kappa shape index (κ1) is 19.0. The van der Waals surface area contributed by atoms with Crippen molar-refractivity contribution in [3.05, 3.63) is 11.6 Å². The maximum absolute atomic E-state index is 12.0. The van der Waals surface area contributed by atoms with E-state index in [-0.39, 0.29) is 6.09 Å². The first-order chi connectivity index (χ1) is 10.2. The summed E-state index contributed by atoms with van der Waals surface area (Å²) >= 11 is 0. The minimum atomic E-state index is -0.422. The van der Waals surface area contributed by atoms with E-state index in [2.05, 4.69) is 32.2 Å². The van der Waals surface area contributed by atoms with Crippen molar-refractivity contribution in [2.24, 2.45) is 5.92 Å². The number of carbonyl (C=O) groups excluding carboxylic acids is 1. The van der Waals surface area contributed by atoms with Crippen LogP contribution in [0.15, 0.2) is 11.6 Å². The highest BCUT2D eigenvalue weighted by molar-refractivity contribution is 5.68. The van der Waals surface area contributed by atoms with Crippen molar-refractivity contribution in [2.75, 3.05) is 19.6 Å². The molecule has 0 aliphatic carbocycles. The first-order valence-electron chi connectivity index (χ1n) is 8.56. The van der Waals surface area contributed by atoms with Crippen molar-refractivity contribution >= 4 is 6.09 Å². The molecule has 1 rings (SSSR count).